The zero-order chi connectivity index (χ0) is 40.1. The fourth-order valence-electron chi connectivity index (χ4n) is 5.24. The standard InChI is InChI=1S/C38H45Cl2F2N3O9S/c1-38(2,3)54-37(47)45(55(48,49)15-14-44(4)5)30-12-10-26(17-33(30)50-21-23-6-7-23)35(46)52-32(18-27-28(39)19-43-20-29(27)40)25-11-13-31(53-36(41)42)34(16-25)51-22-24-8-9-24/h10-13,16-17,19-20,23-24,32,36H,6-9,14-15,18,21-22H2,1-5H3/t32-/m0/s1. The highest BCUT2D eigenvalue weighted by Gasteiger charge is 2.36. The summed E-state index contributed by atoms with van der Waals surface area (Å²) in [5, 5.41) is 0.406. The van der Waals surface area contributed by atoms with E-state index in [1.54, 1.807) is 39.8 Å². The summed E-state index contributed by atoms with van der Waals surface area (Å²) < 4.78 is 83.1. The molecule has 2 aliphatic carbocycles. The highest BCUT2D eigenvalue weighted by atomic mass is 35.5. The largest absolute Gasteiger partial charge is 0.491 e. The van der Waals surface area contributed by atoms with Gasteiger partial charge in [0.1, 0.15) is 23.1 Å². The van der Waals surface area contributed by atoms with Gasteiger partial charge in [-0.3, -0.25) is 4.98 Å². The first-order valence-corrected chi connectivity index (χ1v) is 20.1. The van der Waals surface area contributed by atoms with E-state index in [1.807, 2.05) is 0 Å². The highest BCUT2D eigenvalue weighted by molar-refractivity contribution is 7.93. The lowest BCUT2D eigenvalue weighted by Crippen LogP contribution is -2.43. The number of benzene rings is 2. The van der Waals surface area contributed by atoms with Crippen LogP contribution in [0, 0.1) is 11.8 Å². The first-order valence-electron chi connectivity index (χ1n) is 17.8. The van der Waals surface area contributed by atoms with Crippen molar-refractivity contribution in [2.45, 2.75) is 71.2 Å². The fraction of sp³-hybridized carbons (Fsp3) is 0.500. The van der Waals surface area contributed by atoms with E-state index in [2.05, 4.69) is 4.98 Å². The third-order valence-corrected chi connectivity index (χ3v) is 10.8. The van der Waals surface area contributed by atoms with Gasteiger partial charge in [0.25, 0.3) is 0 Å². The highest BCUT2D eigenvalue weighted by Crippen LogP contribution is 2.40. The summed E-state index contributed by atoms with van der Waals surface area (Å²) in [6.45, 7) is 2.35. The van der Waals surface area contributed by atoms with Gasteiger partial charge in [0.15, 0.2) is 11.5 Å². The van der Waals surface area contributed by atoms with E-state index in [4.69, 9.17) is 46.9 Å². The molecule has 17 heteroatoms. The number of alkyl halides is 2. The Labute approximate surface area is 330 Å². The van der Waals surface area contributed by atoms with Crippen LogP contribution in [-0.2, 0) is 25.9 Å². The molecule has 3 aromatic rings. The summed E-state index contributed by atoms with van der Waals surface area (Å²) >= 11 is 12.9. The molecule has 1 aromatic heterocycles. The molecule has 0 saturated heterocycles. The van der Waals surface area contributed by atoms with Gasteiger partial charge < -0.3 is 28.6 Å². The summed E-state index contributed by atoms with van der Waals surface area (Å²) in [6, 6.07) is 8.15. The third-order valence-electron chi connectivity index (χ3n) is 8.54. The van der Waals surface area contributed by atoms with Crippen LogP contribution in [0.25, 0.3) is 0 Å². The molecule has 1 amide bonds. The number of hydrogen-bond donors (Lipinski definition) is 0. The Morgan fingerprint density at radius 2 is 1.53 bits per heavy atom. The molecule has 0 unspecified atom stereocenters. The van der Waals surface area contributed by atoms with Crippen LogP contribution in [0.4, 0.5) is 19.3 Å². The summed E-state index contributed by atoms with van der Waals surface area (Å²) in [5.41, 5.74) is -0.444. The second kappa shape index (κ2) is 17.9. The lowest BCUT2D eigenvalue weighted by Gasteiger charge is -2.28. The van der Waals surface area contributed by atoms with Gasteiger partial charge in [-0.2, -0.15) is 13.1 Å². The molecular weight excluding hydrogens is 783 g/mol. The molecule has 12 nitrogen and oxygen atoms in total. The van der Waals surface area contributed by atoms with Crippen LogP contribution in [0.5, 0.6) is 17.2 Å². The molecule has 0 bridgehead atoms. The molecule has 2 aliphatic rings. The number of rotatable bonds is 18. The quantitative estimate of drug-likeness (QED) is 0.115. The number of nitrogens with zero attached hydrogens (tertiary/aromatic N) is 3. The molecule has 55 heavy (non-hydrogen) atoms. The molecule has 1 heterocycles. The predicted octanol–water partition coefficient (Wildman–Crippen LogP) is 8.34. The van der Waals surface area contributed by atoms with E-state index in [0.717, 1.165) is 25.7 Å². The Morgan fingerprint density at radius 1 is 0.909 bits per heavy atom. The van der Waals surface area contributed by atoms with Crippen molar-refractivity contribution in [2.24, 2.45) is 11.8 Å². The number of anilines is 1. The van der Waals surface area contributed by atoms with Crippen LogP contribution < -0.4 is 18.5 Å². The maximum absolute atomic E-state index is 14.0. The summed E-state index contributed by atoms with van der Waals surface area (Å²) in [6.07, 6.45) is 4.19. The van der Waals surface area contributed by atoms with Crippen LogP contribution in [0.15, 0.2) is 48.8 Å². The number of carbonyl (C=O) groups excluding carboxylic acids is 2. The zero-order valence-corrected chi connectivity index (χ0v) is 33.6. The van der Waals surface area contributed by atoms with Crippen LogP contribution in [0.2, 0.25) is 10.0 Å². The van der Waals surface area contributed by atoms with E-state index >= 15 is 0 Å². The molecule has 0 N–H and O–H groups in total. The predicted molar refractivity (Wildman–Crippen MR) is 203 cm³/mol. The maximum Gasteiger partial charge on any atom is 0.429 e. The molecule has 5 rings (SSSR count). The van der Waals surface area contributed by atoms with Crippen molar-refractivity contribution in [1.82, 2.24) is 9.88 Å². The minimum absolute atomic E-state index is 0.0375. The smallest absolute Gasteiger partial charge is 0.429 e. The Kier molecular flexibility index (Phi) is 13.7. The number of carbonyl (C=O) groups is 2. The second-order valence-corrected chi connectivity index (χ2v) is 17.6. The van der Waals surface area contributed by atoms with Crippen molar-refractivity contribution in [3.8, 4) is 17.2 Å². The minimum Gasteiger partial charge on any atom is -0.491 e. The topological polar surface area (TPSA) is 134 Å². The van der Waals surface area contributed by atoms with Crippen LogP contribution in [0.1, 0.15) is 74.0 Å². The van der Waals surface area contributed by atoms with E-state index < -0.39 is 46.2 Å². The number of halogens is 4. The monoisotopic (exact) mass is 827 g/mol. The van der Waals surface area contributed by atoms with Gasteiger partial charge in [-0.1, -0.05) is 29.3 Å². The lowest BCUT2D eigenvalue weighted by atomic mass is 10.0. The van der Waals surface area contributed by atoms with E-state index in [9.17, 15) is 26.8 Å². The molecule has 2 aromatic carbocycles. The molecule has 1 atom stereocenters. The van der Waals surface area contributed by atoms with Gasteiger partial charge in [0.2, 0.25) is 10.0 Å². The van der Waals surface area contributed by atoms with E-state index in [1.165, 1.54) is 48.8 Å². The first-order chi connectivity index (χ1) is 25.9. The minimum atomic E-state index is -4.32. The van der Waals surface area contributed by atoms with Crippen molar-refractivity contribution >= 4 is 51.0 Å². The van der Waals surface area contributed by atoms with E-state index in [0.29, 0.717) is 21.4 Å². The SMILES string of the molecule is CN(C)CCS(=O)(=O)N(C(=O)OC(C)(C)C)c1ccc(C(=O)O[C@@H](Cc2c(Cl)cncc2Cl)c2ccc(OC(F)F)c(OCC3CC3)c2)cc1OCC1CC1. The van der Waals surface area contributed by atoms with Crippen LogP contribution in [0.3, 0.4) is 0 Å². The van der Waals surface area contributed by atoms with Gasteiger partial charge in [-0.05, 0) is 114 Å². The number of pyridine rings is 1. The number of ether oxygens (including phenoxy) is 5. The Morgan fingerprint density at radius 3 is 2.09 bits per heavy atom. The molecule has 300 valence electrons. The fourth-order valence-corrected chi connectivity index (χ4v) is 7.25. The van der Waals surface area contributed by atoms with Crippen LogP contribution >= 0.6 is 23.2 Å². The average molecular weight is 829 g/mol. The number of amides is 1. The van der Waals surface area contributed by atoms with Crippen molar-refractivity contribution in [1.29, 1.82) is 0 Å². The Hall–Kier alpha value is -3.92. The molecule has 0 radical (unpaired) electrons. The summed E-state index contributed by atoms with van der Waals surface area (Å²) in [7, 11) is -0.911. The third kappa shape index (κ3) is 12.3. The number of aromatic nitrogens is 1. The van der Waals surface area contributed by atoms with Gasteiger partial charge in [0.05, 0.1) is 34.6 Å². The Bertz CT molecular complexity index is 1940. The van der Waals surface area contributed by atoms with Crippen molar-refractivity contribution in [2.75, 3.05) is 43.9 Å². The maximum atomic E-state index is 14.0. The molecule has 0 aliphatic heterocycles. The summed E-state index contributed by atoms with van der Waals surface area (Å²) in [4.78, 5) is 33.3. The summed E-state index contributed by atoms with van der Waals surface area (Å²) in [5.74, 6) is -0.970. The molecular formula is C38H45Cl2F2N3O9S. The lowest BCUT2D eigenvalue weighted by molar-refractivity contribution is -0.0515. The number of sulfonamides is 1. The number of esters is 1. The van der Waals surface area contributed by atoms with Crippen molar-refractivity contribution in [3.05, 3.63) is 75.5 Å². The van der Waals surface area contributed by atoms with Gasteiger partial charge >= 0.3 is 18.7 Å². The normalized spacial score (nSPS) is 15.1. The van der Waals surface area contributed by atoms with Crippen molar-refractivity contribution in [3.63, 3.8) is 0 Å². The van der Waals surface area contributed by atoms with Crippen molar-refractivity contribution < 1.29 is 50.5 Å². The Balaban J connectivity index is 1.53. The molecule has 0 spiro atoms. The van der Waals surface area contributed by atoms with E-state index in [-0.39, 0.29) is 70.6 Å². The molecule has 2 fully saturated rings. The number of hydrogen-bond acceptors (Lipinski definition) is 11. The second-order valence-electron chi connectivity index (χ2n) is 14.8. The van der Waals surface area contributed by atoms with Gasteiger partial charge in [-0.25, -0.2) is 18.0 Å². The zero-order valence-electron chi connectivity index (χ0n) is 31.2. The van der Waals surface area contributed by atoms with Gasteiger partial charge in [-0.15, -0.1) is 0 Å². The first kappa shape index (κ1) is 42.2. The molecule has 2 saturated carbocycles. The van der Waals surface area contributed by atoms with Crippen LogP contribution in [-0.4, -0.2) is 82.2 Å². The van der Waals surface area contributed by atoms with Gasteiger partial charge in [0, 0.05) is 25.4 Å². The average Bonchev–Trinajstić information content (AvgIpc) is 4.03.